The van der Waals surface area contributed by atoms with Crippen LogP contribution in [0.25, 0.3) is 10.8 Å². The lowest BCUT2D eigenvalue weighted by atomic mass is 10.1. The molecule has 19 heavy (non-hydrogen) atoms. The van der Waals surface area contributed by atoms with Crippen molar-refractivity contribution < 1.29 is 4.42 Å². The van der Waals surface area contributed by atoms with Gasteiger partial charge in [-0.3, -0.25) is 4.98 Å². The van der Waals surface area contributed by atoms with Crippen LogP contribution in [0.5, 0.6) is 0 Å². The molecule has 1 aromatic carbocycles. The Hall–Kier alpha value is -2.13. The number of benzene rings is 1. The van der Waals surface area contributed by atoms with Crippen LogP contribution in [-0.2, 0) is 6.54 Å². The maximum atomic E-state index is 5.39. The van der Waals surface area contributed by atoms with E-state index in [1.165, 1.54) is 16.3 Å². The first-order valence-electron chi connectivity index (χ1n) is 6.43. The molecule has 0 aliphatic carbocycles. The van der Waals surface area contributed by atoms with Crippen molar-refractivity contribution in [3.05, 3.63) is 66.4 Å². The van der Waals surface area contributed by atoms with Crippen LogP contribution in [0.3, 0.4) is 0 Å². The van der Waals surface area contributed by atoms with E-state index in [4.69, 9.17) is 4.42 Å². The highest BCUT2D eigenvalue weighted by Gasteiger charge is 2.08. The fraction of sp³-hybridized carbons (Fsp3) is 0.188. The van der Waals surface area contributed by atoms with Gasteiger partial charge in [-0.15, -0.1) is 0 Å². The zero-order valence-electron chi connectivity index (χ0n) is 10.8. The van der Waals surface area contributed by atoms with Crippen molar-refractivity contribution in [2.45, 2.75) is 19.5 Å². The molecule has 0 saturated carbocycles. The van der Waals surface area contributed by atoms with Crippen LogP contribution in [0.2, 0.25) is 0 Å². The zero-order chi connectivity index (χ0) is 13.1. The molecule has 1 N–H and O–H groups in total. The predicted octanol–water partition coefficient (Wildman–Crippen LogP) is 3.68. The lowest BCUT2D eigenvalue weighted by molar-refractivity contribution is 0.430. The molecule has 0 aliphatic rings. The molecule has 2 heterocycles. The fourth-order valence-electron chi connectivity index (χ4n) is 2.22. The molecule has 1 unspecified atom stereocenters. The van der Waals surface area contributed by atoms with Crippen molar-refractivity contribution in [1.29, 1.82) is 0 Å². The Bertz CT molecular complexity index is 656. The number of hydrogen-bond donors (Lipinski definition) is 1. The van der Waals surface area contributed by atoms with Gasteiger partial charge in [0, 0.05) is 24.3 Å². The third-order valence-electron chi connectivity index (χ3n) is 3.32. The molecule has 3 aromatic rings. The van der Waals surface area contributed by atoms with Gasteiger partial charge in [0.25, 0.3) is 0 Å². The third kappa shape index (κ3) is 2.51. The maximum Gasteiger partial charge on any atom is 0.120 e. The normalized spacial score (nSPS) is 12.7. The lowest BCUT2D eigenvalue weighted by Gasteiger charge is -2.12. The Morgan fingerprint density at radius 1 is 1.16 bits per heavy atom. The van der Waals surface area contributed by atoms with Crippen LogP contribution in [0, 0.1) is 0 Å². The molecule has 0 saturated heterocycles. The number of nitrogens with one attached hydrogen (secondary N) is 1. The standard InChI is InChI=1S/C16H16N2O/c1-12(16-7-4-8-19-16)18-11-14-10-17-9-13-5-2-3-6-15(13)14/h2-10,12,18H,11H2,1H3. The molecule has 0 aliphatic heterocycles. The average Bonchev–Trinajstić information content (AvgIpc) is 2.99. The van der Waals surface area contributed by atoms with E-state index in [0.29, 0.717) is 0 Å². The van der Waals surface area contributed by atoms with Gasteiger partial charge in [0.2, 0.25) is 0 Å². The molecule has 3 nitrogen and oxygen atoms in total. The van der Waals surface area contributed by atoms with Gasteiger partial charge >= 0.3 is 0 Å². The van der Waals surface area contributed by atoms with Gasteiger partial charge in [0.1, 0.15) is 5.76 Å². The summed E-state index contributed by atoms with van der Waals surface area (Å²) in [6, 6.07) is 12.4. The summed E-state index contributed by atoms with van der Waals surface area (Å²) in [5.74, 6) is 0.952. The molecule has 0 amide bonds. The van der Waals surface area contributed by atoms with Crippen molar-refractivity contribution >= 4 is 10.8 Å². The summed E-state index contributed by atoms with van der Waals surface area (Å²) in [4.78, 5) is 4.29. The largest absolute Gasteiger partial charge is 0.468 e. The summed E-state index contributed by atoms with van der Waals surface area (Å²) in [6.07, 6.45) is 5.52. The van der Waals surface area contributed by atoms with E-state index < -0.39 is 0 Å². The summed E-state index contributed by atoms with van der Waals surface area (Å²) in [6.45, 7) is 2.87. The number of aromatic nitrogens is 1. The first-order chi connectivity index (χ1) is 9.34. The lowest BCUT2D eigenvalue weighted by Crippen LogP contribution is -2.17. The van der Waals surface area contributed by atoms with Crippen LogP contribution >= 0.6 is 0 Å². The molecule has 2 aromatic heterocycles. The molecule has 1 atom stereocenters. The minimum Gasteiger partial charge on any atom is -0.468 e. The minimum atomic E-state index is 0.189. The van der Waals surface area contributed by atoms with Crippen molar-refractivity contribution in [3.63, 3.8) is 0 Å². The second kappa shape index (κ2) is 5.24. The molecular formula is C16H16N2O. The molecule has 96 valence electrons. The number of furan rings is 1. The van der Waals surface area contributed by atoms with Crippen LogP contribution in [0.1, 0.15) is 24.3 Å². The Morgan fingerprint density at radius 3 is 2.89 bits per heavy atom. The van der Waals surface area contributed by atoms with E-state index in [9.17, 15) is 0 Å². The van der Waals surface area contributed by atoms with Crippen molar-refractivity contribution in [3.8, 4) is 0 Å². The molecule has 3 heteroatoms. The number of rotatable bonds is 4. The Kier molecular flexibility index (Phi) is 3.29. The smallest absolute Gasteiger partial charge is 0.120 e. The number of hydrogen-bond acceptors (Lipinski definition) is 3. The summed E-state index contributed by atoms with van der Waals surface area (Å²) in [7, 11) is 0. The monoisotopic (exact) mass is 252 g/mol. The van der Waals surface area contributed by atoms with Crippen molar-refractivity contribution in [2.24, 2.45) is 0 Å². The molecule has 0 radical (unpaired) electrons. The Balaban J connectivity index is 1.79. The highest BCUT2D eigenvalue weighted by atomic mass is 16.3. The highest BCUT2D eigenvalue weighted by Crippen LogP contribution is 2.18. The van der Waals surface area contributed by atoms with Crippen LogP contribution in [-0.4, -0.2) is 4.98 Å². The zero-order valence-corrected chi connectivity index (χ0v) is 10.8. The van der Waals surface area contributed by atoms with Gasteiger partial charge in [0.05, 0.1) is 12.3 Å². The fourth-order valence-corrected chi connectivity index (χ4v) is 2.22. The number of pyridine rings is 1. The van der Waals surface area contributed by atoms with Crippen molar-refractivity contribution in [2.75, 3.05) is 0 Å². The molecule has 0 fully saturated rings. The number of fused-ring (bicyclic) bond motifs is 1. The van der Waals surface area contributed by atoms with Gasteiger partial charge < -0.3 is 9.73 Å². The van der Waals surface area contributed by atoms with E-state index >= 15 is 0 Å². The average molecular weight is 252 g/mol. The SMILES string of the molecule is CC(NCc1cncc2ccccc12)c1ccco1. The maximum absolute atomic E-state index is 5.39. The molecule has 3 rings (SSSR count). The van der Waals surface area contributed by atoms with Gasteiger partial charge in [-0.05, 0) is 30.0 Å². The van der Waals surface area contributed by atoms with E-state index in [1.807, 2.05) is 30.6 Å². The van der Waals surface area contributed by atoms with E-state index in [0.717, 1.165) is 12.3 Å². The number of nitrogens with zero attached hydrogens (tertiary/aromatic N) is 1. The molecule has 0 spiro atoms. The Morgan fingerprint density at radius 2 is 2.05 bits per heavy atom. The van der Waals surface area contributed by atoms with Gasteiger partial charge in [0.15, 0.2) is 0 Å². The first-order valence-corrected chi connectivity index (χ1v) is 6.43. The molecular weight excluding hydrogens is 236 g/mol. The van der Waals surface area contributed by atoms with Gasteiger partial charge in [-0.1, -0.05) is 24.3 Å². The van der Waals surface area contributed by atoms with E-state index in [1.54, 1.807) is 6.26 Å². The van der Waals surface area contributed by atoms with E-state index in [-0.39, 0.29) is 6.04 Å². The predicted molar refractivity (Wildman–Crippen MR) is 75.7 cm³/mol. The minimum absolute atomic E-state index is 0.189. The first kappa shape index (κ1) is 11.9. The highest BCUT2D eigenvalue weighted by molar-refractivity contribution is 5.84. The van der Waals surface area contributed by atoms with Crippen LogP contribution in [0.4, 0.5) is 0 Å². The van der Waals surface area contributed by atoms with Gasteiger partial charge in [-0.25, -0.2) is 0 Å². The summed E-state index contributed by atoms with van der Waals surface area (Å²) >= 11 is 0. The quantitative estimate of drug-likeness (QED) is 0.769. The van der Waals surface area contributed by atoms with Crippen molar-refractivity contribution in [1.82, 2.24) is 10.3 Å². The third-order valence-corrected chi connectivity index (χ3v) is 3.32. The van der Waals surface area contributed by atoms with Gasteiger partial charge in [-0.2, -0.15) is 0 Å². The summed E-state index contributed by atoms with van der Waals surface area (Å²) < 4.78 is 5.39. The topological polar surface area (TPSA) is 38.1 Å². The second-order valence-electron chi connectivity index (χ2n) is 4.64. The second-order valence-corrected chi connectivity index (χ2v) is 4.64. The van der Waals surface area contributed by atoms with Crippen LogP contribution in [0.15, 0.2) is 59.5 Å². The Labute approximate surface area is 112 Å². The summed E-state index contributed by atoms with van der Waals surface area (Å²) in [5.41, 5.74) is 1.21. The molecule has 0 bridgehead atoms. The van der Waals surface area contributed by atoms with Crippen LogP contribution < -0.4 is 5.32 Å². The summed E-state index contributed by atoms with van der Waals surface area (Å²) in [5, 5.41) is 5.88. The van der Waals surface area contributed by atoms with E-state index in [2.05, 4.69) is 35.4 Å².